The highest BCUT2D eigenvalue weighted by molar-refractivity contribution is 6.06. The summed E-state index contributed by atoms with van der Waals surface area (Å²) in [4.78, 5) is 29.0. The monoisotopic (exact) mass is 366 g/mol. The summed E-state index contributed by atoms with van der Waals surface area (Å²) in [5.41, 5.74) is 8.33. The maximum Gasteiger partial charge on any atom is 0.246 e. The molecule has 2 amide bonds. The van der Waals surface area contributed by atoms with Gasteiger partial charge in [-0.3, -0.25) is 14.5 Å². The number of fused-ring (bicyclic) bond motifs is 1. The van der Waals surface area contributed by atoms with Crippen molar-refractivity contribution >= 4 is 28.9 Å². The molecule has 27 heavy (non-hydrogen) atoms. The third kappa shape index (κ3) is 4.28. The largest absolute Gasteiger partial charge is 0.350 e. The SMILES string of the molecule is CC(C)(C)NC(=O)CN1C(=O)C(N)CN(c2ccccc2)c2ccccc21. The summed E-state index contributed by atoms with van der Waals surface area (Å²) in [6.07, 6.45) is 0. The van der Waals surface area contributed by atoms with Gasteiger partial charge in [-0.05, 0) is 45.0 Å². The van der Waals surface area contributed by atoms with Crippen LogP contribution in [-0.2, 0) is 9.59 Å². The molecular weight excluding hydrogens is 340 g/mol. The Labute approximate surface area is 159 Å². The summed E-state index contributed by atoms with van der Waals surface area (Å²) in [6.45, 7) is 6.00. The molecule has 1 unspecified atom stereocenters. The predicted molar refractivity (Wildman–Crippen MR) is 108 cm³/mol. The van der Waals surface area contributed by atoms with Crippen LogP contribution in [0, 0.1) is 0 Å². The zero-order valence-corrected chi connectivity index (χ0v) is 16.0. The lowest BCUT2D eigenvalue weighted by molar-refractivity contribution is -0.125. The average molecular weight is 366 g/mol. The Morgan fingerprint density at radius 3 is 2.30 bits per heavy atom. The molecule has 0 aromatic heterocycles. The number of anilines is 3. The van der Waals surface area contributed by atoms with Gasteiger partial charge in [-0.15, -0.1) is 0 Å². The van der Waals surface area contributed by atoms with E-state index in [0.717, 1.165) is 11.4 Å². The molecular formula is C21H26N4O2. The Bertz CT molecular complexity index is 830. The van der Waals surface area contributed by atoms with Gasteiger partial charge in [0.15, 0.2) is 0 Å². The van der Waals surface area contributed by atoms with E-state index in [-0.39, 0.29) is 23.9 Å². The van der Waals surface area contributed by atoms with E-state index in [2.05, 4.69) is 5.32 Å². The van der Waals surface area contributed by atoms with E-state index in [0.29, 0.717) is 12.2 Å². The normalized spacial score (nSPS) is 17.3. The summed E-state index contributed by atoms with van der Waals surface area (Å²) in [7, 11) is 0. The van der Waals surface area contributed by atoms with Crippen molar-refractivity contribution < 1.29 is 9.59 Å². The van der Waals surface area contributed by atoms with Crippen LogP contribution >= 0.6 is 0 Å². The summed E-state index contributed by atoms with van der Waals surface area (Å²) in [5, 5.41) is 2.91. The highest BCUT2D eigenvalue weighted by Crippen LogP contribution is 2.36. The third-order valence-electron chi connectivity index (χ3n) is 4.31. The van der Waals surface area contributed by atoms with Crippen molar-refractivity contribution in [3.05, 3.63) is 54.6 Å². The molecule has 0 saturated carbocycles. The van der Waals surface area contributed by atoms with Crippen LogP contribution in [0.2, 0.25) is 0 Å². The van der Waals surface area contributed by atoms with E-state index in [4.69, 9.17) is 5.73 Å². The quantitative estimate of drug-likeness (QED) is 0.874. The molecule has 0 bridgehead atoms. The molecule has 0 radical (unpaired) electrons. The Hall–Kier alpha value is -2.86. The number of carbonyl (C=O) groups excluding carboxylic acids is 2. The summed E-state index contributed by atoms with van der Waals surface area (Å²) < 4.78 is 0. The van der Waals surface area contributed by atoms with Gasteiger partial charge in [-0.1, -0.05) is 30.3 Å². The van der Waals surface area contributed by atoms with Crippen molar-refractivity contribution in [1.29, 1.82) is 0 Å². The maximum atomic E-state index is 13.0. The van der Waals surface area contributed by atoms with E-state index in [1.807, 2.05) is 80.3 Å². The first-order valence-corrected chi connectivity index (χ1v) is 9.06. The van der Waals surface area contributed by atoms with Gasteiger partial charge in [0.1, 0.15) is 12.6 Å². The Kier molecular flexibility index (Phi) is 5.19. The number of hydrogen-bond donors (Lipinski definition) is 2. The van der Waals surface area contributed by atoms with Crippen molar-refractivity contribution in [2.45, 2.75) is 32.4 Å². The highest BCUT2D eigenvalue weighted by Gasteiger charge is 2.33. The number of nitrogens with one attached hydrogen (secondary N) is 1. The minimum atomic E-state index is -0.736. The smallest absolute Gasteiger partial charge is 0.246 e. The predicted octanol–water partition coefficient (Wildman–Crippen LogP) is 2.41. The van der Waals surface area contributed by atoms with Gasteiger partial charge in [0.25, 0.3) is 0 Å². The fourth-order valence-corrected chi connectivity index (χ4v) is 3.23. The van der Waals surface area contributed by atoms with Crippen LogP contribution in [0.25, 0.3) is 0 Å². The second-order valence-electron chi connectivity index (χ2n) is 7.76. The molecule has 0 spiro atoms. The fourth-order valence-electron chi connectivity index (χ4n) is 3.23. The summed E-state index contributed by atoms with van der Waals surface area (Å²) in [5.74, 6) is -0.476. The standard InChI is InChI=1S/C21H26N4O2/c1-21(2,3)23-19(26)14-25-18-12-8-7-11-17(18)24(13-16(22)20(25)27)15-9-5-4-6-10-15/h4-12,16H,13-14,22H2,1-3H3,(H,23,26). The zero-order chi connectivity index (χ0) is 19.6. The molecule has 0 saturated heterocycles. The van der Waals surface area contributed by atoms with Crippen LogP contribution in [0.15, 0.2) is 54.6 Å². The summed E-state index contributed by atoms with van der Waals surface area (Å²) >= 11 is 0. The first-order chi connectivity index (χ1) is 12.8. The molecule has 142 valence electrons. The van der Waals surface area contributed by atoms with E-state index >= 15 is 0 Å². The third-order valence-corrected chi connectivity index (χ3v) is 4.31. The first-order valence-electron chi connectivity index (χ1n) is 9.06. The minimum absolute atomic E-state index is 0.0660. The number of benzene rings is 2. The zero-order valence-electron chi connectivity index (χ0n) is 16.0. The number of carbonyl (C=O) groups is 2. The van der Waals surface area contributed by atoms with Gasteiger partial charge >= 0.3 is 0 Å². The van der Waals surface area contributed by atoms with Crippen LogP contribution in [0.4, 0.5) is 17.1 Å². The van der Waals surface area contributed by atoms with Gasteiger partial charge in [0.2, 0.25) is 11.8 Å². The molecule has 1 atom stereocenters. The lowest BCUT2D eigenvalue weighted by Crippen LogP contribution is -2.51. The topological polar surface area (TPSA) is 78.7 Å². The Morgan fingerprint density at radius 2 is 1.67 bits per heavy atom. The Morgan fingerprint density at radius 1 is 1.07 bits per heavy atom. The van der Waals surface area contributed by atoms with Crippen molar-refractivity contribution in [2.75, 3.05) is 22.9 Å². The number of hydrogen-bond acceptors (Lipinski definition) is 4. The van der Waals surface area contributed by atoms with Gasteiger partial charge in [0, 0.05) is 17.8 Å². The summed E-state index contributed by atoms with van der Waals surface area (Å²) in [6, 6.07) is 16.7. The van der Waals surface area contributed by atoms with Gasteiger partial charge in [-0.2, -0.15) is 0 Å². The van der Waals surface area contributed by atoms with Gasteiger partial charge in [0.05, 0.1) is 11.4 Å². The lowest BCUT2D eigenvalue weighted by atomic mass is 10.1. The minimum Gasteiger partial charge on any atom is -0.350 e. The fraction of sp³-hybridized carbons (Fsp3) is 0.333. The van der Waals surface area contributed by atoms with Crippen molar-refractivity contribution in [3.8, 4) is 0 Å². The van der Waals surface area contributed by atoms with E-state index in [1.165, 1.54) is 4.90 Å². The Balaban J connectivity index is 2.00. The number of amides is 2. The number of rotatable bonds is 3. The molecule has 0 fully saturated rings. The van der Waals surface area contributed by atoms with Crippen LogP contribution in [-0.4, -0.2) is 36.5 Å². The number of nitrogens with zero attached hydrogens (tertiary/aromatic N) is 2. The van der Waals surface area contributed by atoms with Crippen molar-refractivity contribution in [3.63, 3.8) is 0 Å². The van der Waals surface area contributed by atoms with E-state index in [9.17, 15) is 9.59 Å². The number of para-hydroxylation sites is 3. The molecule has 6 heteroatoms. The molecule has 3 N–H and O–H groups in total. The lowest BCUT2D eigenvalue weighted by Gasteiger charge is -2.27. The molecule has 2 aromatic carbocycles. The van der Waals surface area contributed by atoms with Crippen LogP contribution in [0.5, 0.6) is 0 Å². The van der Waals surface area contributed by atoms with Gasteiger partial charge < -0.3 is 16.0 Å². The highest BCUT2D eigenvalue weighted by atomic mass is 16.2. The van der Waals surface area contributed by atoms with Crippen LogP contribution in [0.3, 0.4) is 0 Å². The van der Waals surface area contributed by atoms with Gasteiger partial charge in [-0.25, -0.2) is 0 Å². The maximum absolute atomic E-state index is 13.0. The molecule has 1 aliphatic heterocycles. The van der Waals surface area contributed by atoms with Crippen molar-refractivity contribution in [2.24, 2.45) is 5.73 Å². The molecule has 3 rings (SSSR count). The molecule has 6 nitrogen and oxygen atoms in total. The number of nitrogens with two attached hydrogens (primary N) is 1. The molecule has 1 aliphatic rings. The first kappa shape index (κ1) is 18.9. The molecule has 2 aromatic rings. The van der Waals surface area contributed by atoms with E-state index in [1.54, 1.807) is 0 Å². The van der Waals surface area contributed by atoms with E-state index < -0.39 is 6.04 Å². The second-order valence-corrected chi connectivity index (χ2v) is 7.76. The van der Waals surface area contributed by atoms with Crippen LogP contribution in [0.1, 0.15) is 20.8 Å². The second kappa shape index (κ2) is 7.40. The average Bonchev–Trinajstić information content (AvgIpc) is 2.72. The van der Waals surface area contributed by atoms with Crippen molar-refractivity contribution in [1.82, 2.24) is 5.32 Å². The molecule has 1 heterocycles. The molecule has 0 aliphatic carbocycles. The van der Waals surface area contributed by atoms with Crippen LogP contribution < -0.4 is 20.9 Å².